The highest BCUT2D eigenvalue weighted by atomic mass is 35.5. The molecule has 13 heteroatoms. The maximum Gasteiger partial charge on any atom is 0.416 e. The van der Waals surface area contributed by atoms with E-state index >= 15 is 0 Å². The van der Waals surface area contributed by atoms with Crippen molar-refractivity contribution in [2.45, 2.75) is 62.9 Å². The smallest absolute Gasteiger partial charge is 0.390 e. The van der Waals surface area contributed by atoms with Gasteiger partial charge in [-0.25, -0.2) is 4.68 Å². The van der Waals surface area contributed by atoms with E-state index in [4.69, 9.17) is 10.8 Å². The summed E-state index contributed by atoms with van der Waals surface area (Å²) < 4.78 is 42.6. The van der Waals surface area contributed by atoms with Gasteiger partial charge in [-0.3, -0.25) is 19.0 Å². The SMILES string of the molecule is Cl.NC(=O)C(n1nc(-c2ccccc2)cc1-c1cccc(=O)n1CC(=O)Nc1cccc(C(F)(F)F)c1)C12C[C@@H]3C[C@@H](CC(O)(C3)C1)C2. The predicted octanol–water partition coefficient (Wildman–Crippen LogP) is 5.82. The summed E-state index contributed by atoms with van der Waals surface area (Å²) in [5.41, 5.74) is 5.08. The lowest BCUT2D eigenvalue weighted by Crippen LogP contribution is -2.59. The van der Waals surface area contributed by atoms with Crippen LogP contribution in [0.3, 0.4) is 0 Å². The molecule has 0 saturated heterocycles. The van der Waals surface area contributed by atoms with Crippen molar-refractivity contribution >= 4 is 29.9 Å². The molecule has 2 aromatic heterocycles. The van der Waals surface area contributed by atoms with Gasteiger partial charge in [0.25, 0.3) is 5.56 Å². The summed E-state index contributed by atoms with van der Waals surface area (Å²) in [5, 5.41) is 18.9. The van der Waals surface area contributed by atoms with Crippen LogP contribution < -0.4 is 16.6 Å². The lowest BCUT2D eigenvalue weighted by Gasteiger charge is -2.61. The van der Waals surface area contributed by atoms with E-state index in [0.717, 1.165) is 24.1 Å². The molecule has 252 valence electrons. The molecule has 48 heavy (non-hydrogen) atoms. The maximum atomic E-state index is 13.5. The zero-order chi connectivity index (χ0) is 33.1. The molecule has 9 nitrogen and oxygen atoms in total. The van der Waals surface area contributed by atoms with Crippen molar-refractivity contribution in [3.63, 3.8) is 0 Å². The molecule has 5 atom stereocenters. The molecule has 4 fully saturated rings. The highest BCUT2D eigenvalue weighted by Gasteiger charge is 2.61. The number of nitrogens with zero attached hydrogens (tertiary/aromatic N) is 3. The number of rotatable bonds is 8. The minimum absolute atomic E-state index is 0. The van der Waals surface area contributed by atoms with E-state index in [1.165, 1.54) is 28.8 Å². The summed E-state index contributed by atoms with van der Waals surface area (Å²) in [6.45, 7) is -0.520. The zero-order valence-corrected chi connectivity index (χ0v) is 26.6. The lowest BCUT2D eigenvalue weighted by molar-refractivity contribution is -0.181. The summed E-state index contributed by atoms with van der Waals surface area (Å²) in [5.74, 6) is -0.815. The van der Waals surface area contributed by atoms with Gasteiger partial charge in [0.1, 0.15) is 12.6 Å². The van der Waals surface area contributed by atoms with Crippen LogP contribution in [0.5, 0.6) is 0 Å². The van der Waals surface area contributed by atoms with Crippen LogP contribution >= 0.6 is 12.4 Å². The molecule has 2 aromatic carbocycles. The Labute approximate surface area is 280 Å². The number of carbonyl (C=O) groups is 2. The van der Waals surface area contributed by atoms with E-state index in [1.807, 2.05) is 30.3 Å². The molecule has 4 aromatic rings. The molecule has 4 bridgehead atoms. The van der Waals surface area contributed by atoms with Gasteiger partial charge in [-0.2, -0.15) is 18.3 Å². The number of aromatic nitrogens is 3. The summed E-state index contributed by atoms with van der Waals surface area (Å²) in [6, 6.07) is 18.8. The van der Waals surface area contributed by atoms with Crippen LogP contribution in [0.15, 0.2) is 83.7 Å². The second-order valence-electron chi connectivity index (χ2n) is 13.5. The summed E-state index contributed by atoms with van der Waals surface area (Å²) in [7, 11) is 0. The highest BCUT2D eigenvalue weighted by molar-refractivity contribution is 5.91. The zero-order valence-electron chi connectivity index (χ0n) is 25.8. The van der Waals surface area contributed by atoms with Crippen molar-refractivity contribution < 1.29 is 27.9 Å². The number of nitrogens with two attached hydrogens (primary N) is 1. The molecule has 4 aliphatic rings. The minimum atomic E-state index is -4.59. The number of anilines is 1. The van der Waals surface area contributed by atoms with Crippen LogP contribution in [0, 0.1) is 17.3 Å². The number of nitrogens with one attached hydrogen (secondary N) is 1. The molecule has 4 saturated carbocycles. The Kier molecular flexibility index (Phi) is 8.53. The van der Waals surface area contributed by atoms with E-state index < -0.39 is 52.7 Å². The topological polar surface area (TPSA) is 132 Å². The first-order valence-corrected chi connectivity index (χ1v) is 15.7. The Morgan fingerprint density at radius 1 is 0.958 bits per heavy atom. The monoisotopic (exact) mass is 681 g/mol. The van der Waals surface area contributed by atoms with E-state index in [-0.39, 0.29) is 35.6 Å². The first-order chi connectivity index (χ1) is 22.3. The largest absolute Gasteiger partial charge is 0.416 e. The number of hydrogen-bond donors (Lipinski definition) is 3. The van der Waals surface area contributed by atoms with Gasteiger partial charge in [0.05, 0.1) is 28.2 Å². The van der Waals surface area contributed by atoms with Crippen molar-refractivity contribution in [3.05, 3.63) is 94.8 Å². The second kappa shape index (κ2) is 12.2. The summed E-state index contributed by atoms with van der Waals surface area (Å²) >= 11 is 0. The third-order valence-electron chi connectivity index (χ3n) is 10.1. The van der Waals surface area contributed by atoms with E-state index in [0.29, 0.717) is 43.5 Å². The van der Waals surface area contributed by atoms with E-state index in [1.54, 1.807) is 16.8 Å². The number of aliphatic hydroxyl groups is 1. The Morgan fingerprint density at radius 3 is 2.29 bits per heavy atom. The lowest BCUT2D eigenvalue weighted by atomic mass is 9.46. The Bertz CT molecular complexity index is 1910. The second-order valence-corrected chi connectivity index (χ2v) is 13.5. The number of halogens is 4. The van der Waals surface area contributed by atoms with Gasteiger partial charge in [-0.1, -0.05) is 42.5 Å². The van der Waals surface area contributed by atoms with Crippen molar-refractivity contribution in [2.75, 3.05) is 5.32 Å². The Morgan fingerprint density at radius 2 is 1.65 bits per heavy atom. The standard InChI is InChI=1S/C35H34F3N5O4.ClH/c36-35(37,38)24-8-4-9-25(13-24)40-29(44)19-42-27(10-5-11-30(42)45)28-14-26(23-6-2-1-3-7-23)41-43(28)31(32(39)46)33-15-21-12-22(16-33)18-34(47,17-21)20-33;/h1-11,13-14,21-22,31,47H,12,15-20H2,(H2,39,46)(H,40,44);1H/t21-,22+,31?,33?,34?;. The molecule has 0 radical (unpaired) electrons. The Balaban J connectivity index is 0.00000401. The molecule has 4 N–H and O–H groups in total. The minimum Gasteiger partial charge on any atom is -0.390 e. The number of pyridine rings is 1. The van der Waals surface area contributed by atoms with Gasteiger partial charge in [-0.15, -0.1) is 12.4 Å². The number of hydrogen-bond acceptors (Lipinski definition) is 5. The van der Waals surface area contributed by atoms with Crippen LogP contribution in [0.4, 0.5) is 18.9 Å². The average molecular weight is 682 g/mol. The molecule has 4 aliphatic carbocycles. The van der Waals surface area contributed by atoms with Crippen molar-refractivity contribution in [1.82, 2.24) is 14.3 Å². The molecule has 2 heterocycles. The van der Waals surface area contributed by atoms with Crippen LogP contribution in [0.25, 0.3) is 22.6 Å². The maximum absolute atomic E-state index is 13.5. The summed E-state index contributed by atoms with van der Waals surface area (Å²) in [6.07, 6.45) is -0.394. The molecule has 2 amide bonds. The molecular weight excluding hydrogens is 647 g/mol. The number of primary amides is 1. The molecular formula is C35H35ClF3N5O4. The summed E-state index contributed by atoms with van der Waals surface area (Å²) in [4.78, 5) is 40.1. The van der Waals surface area contributed by atoms with Crippen molar-refractivity contribution in [3.8, 4) is 22.6 Å². The first kappa shape index (κ1) is 33.5. The van der Waals surface area contributed by atoms with Gasteiger partial charge < -0.3 is 16.2 Å². The van der Waals surface area contributed by atoms with Crippen molar-refractivity contribution in [1.29, 1.82) is 0 Å². The Hall–Kier alpha value is -4.42. The quantitative estimate of drug-likeness (QED) is 0.216. The normalized spacial score (nSPS) is 24.9. The van der Waals surface area contributed by atoms with Crippen LogP contribution in [-0.2, 0) is 22.3 Å². The molecule has 8 rings (SSSR count). The van der Waals surface area contributed by atoms with Crippen molar-refractivity contribution in [2.24, 2.45) is 23.0 Å². The van der Waals surface area contributed by atoms with Crippen LogP contribution in [-0.4, -0.2) is 36.9 Å². The van der Waals surface area contributed by atoms with E-state index in [9.17, 15) is 32.7 Å². The molecule has 0 aliphatic heterocycles. The van der Waals surface area contributed by atoms with Gasteiger partial charge in [0.2, 0.25) is 11.8 Å². The highest BCUT2D eigenvalue weighted by Crippen LogP contribution is 2.65. The number of benzene rings is 2. The third-order valence-corrected chi connectivity index (χ3v) is 10.1. The van der Waals surface area contributed by atoms with E-state index in [2.05, 4.69) is 5.32 Å². The average Bonchev–Trinajstić information content (AvgIpc) is 3.41. The van der Waals surface area contributed by atoms with Crippen LogP contribution in [0.2, 0.25) is 0 Å². The molecule has 0 spiro atoms. The van der Waals surface area contributed by atoms with Gasteiger partial charge in [-0.05, 0) is 80.7 Å². The van der Waals surface area contributed by atoms with Gasteiger partial charge in [0.15, 0.2) is 0 Å². The molecule has 3 unspecified atom stereocenters. The predicted molar refractivity (Wildman–Crippen MR) is 175 cm³/mol. The van der Waals surface area contributed by atoms with Gasteiger partial charge >= 0.3 is 6.18 Å². The fourth-order valence-electron chi connectivity index (χ4n) is 8.84. The number of amides is 2. The number of carbonyl (C=O) groups excluding carboxylic acids is 2. The third kappa shape index (κ3) is 6.14. The number of alkyl halides is 3. The fraction of sp³-hybridized carbons (Fsp3) is 0.371. The first-order valence-electron chi connectivity index (χ1n) is 15.7. The fourth-order valence-corrected chi connectivity index (χ4v) is 8.84. The van der Waals surface area contributed by atoms with Gasteiger partial charge in [0, 0.05) is 22.7 Å². The van der Waals surface area contributed by atoms with Crippen LogP contribution in [0.1, 0.15) is 50.1 Å².